The summed E-state index contributed by atoms with van der Waals surface area (Å²) < 4.78 is 0. The van der Waals surface area contributed by atoms with Gasteiger partial charge in [0, 0.05) is 49.9 Å². The topological polar surface area (TPSA) is 52.7 Å². The van der Waals surface area contributed by atoms with Gasteiger partial charge in [-0.15, -0.1) is 0 Å². The van der Waals surface area contributed by atoms with Crippen LogP contribution in [0.2, 0.25) is 0 Å². The van der Waals surface area contributed by atoms with Crippen LogP contribution in [0.3, 0.4) is 0 Å². The molecule has 0 saturated heterocycles. The van der Waals surface area contributed by atoms with Crippen LogP contribution in [-0.2, 0) is 16.1 Å². The van der Waals surface area contributed by atoms with E-state index < -0.39 is 5.41 Å². The lowest BCUT2D eigenvalue weighted by Gasteiger charge is -2.31. The first kappa shape index (κ1) is 22.3. The lowest BCUT2D eigenvalue weighted by molar-refractivity contribution is -0.140. The molecule has 1 N–H and O–H groups in total. The molecule has 1 saturated carbocycles. The minimum absolute atomic E-state index is 0.0147. The maximum Gasteiger partial charge on any atom is 0.228 e. The third-order valence-corrected chi connectivity index (χ3v) is 4.77. The van der Waals surface area contributed by atoms with Crippen LogP contribution in [0.15, 0.2) is 18.2 Å². The Bertz CT molecular complexity index is 722. The van der Waals surface area contributed by atoms with Gasteiger partial charge in [0.05, 0.1) is 0 Å². The second kappa shape index (κ2) is 8.14. The van der Waals surface area contributed by atoms with Gasteiger partial charge in [-0.3, -0.25) is 9.59 Å². The second-order valence-corrected chi connectivity index (χ2v) is 10.4. The van der Waals surface area contributed by atoms with Crippen LogP contribution in [0.4, 0.5) is 11.4 Å². The van der Waals surface area contributed by atoms with Crippen molar-refractivity contribution >= 4 is 23.2 Å². The summed E-state index contributed by atoms with van der Waals surface area (Å²) in [4.78, 5) is 29.4. The molecule has 5 nitrogen and oxygen atoms in total. The molecular formula is C23H37N3O2. The van der Waals surface area contributed by atoms with Crippen LogP contribution in [-0.4, -0.2) is 36.9 Å². The average Bonchev–Trinajstić information content (AvgIpc) is 3.33. The fraction of sp³-hybridized carbons (Fsp3) is 0.652. The smallest absolute Gasteiger partial charge is 0.228 e. The zero-order valence-corrected chi connectivity index (χ0v) is 18.8. The molecule has 1 aliphatic rings. The Hall–Kier alpha value is -2.04. The number of hydrogen-bond acceptors (Lipinski definition) is 3. The van der Waals surface area contributed by atoms with E-state index in [9.17, 15) is 9.59 Å². The predicted molar refractivity (Wildman–Crippen MR) is 116 cm³/mol. The van der Waals surface area contributed by atoms with Crippen LogP contribution < -0.4 is 10.2 Å². The number of anilines is 2. The van der Waals surface area contributed by atoms with E-state index in [4.69, 9.17) is 0 Å². The minimum atomic E-state index is -0.403. The van der Waals surface area contributed by atoms with Crippen molar-refractivity contribution in [1.82, 2.24) is 4.90 Å². The molecule has 1 aliphatic carbocycles. The van der Waals surface area contributed by atoms with E-state index in [0.29, 0.717) is 19.0 Å². The molecule has 0 heterocycles. The first-order chi connectivity index (χ1) is 12.8. The number of nitrogens with one attached hydrogen (secondary N) is 1. The zero-order valence-electron chi connectivity index (χ0n) is 18.8. The molecule has 0 atom stereocenters. The maximum absolute atomic E-state index is 13.0. The Kier molecular flexibility index (Phi) is 6.47. The van der Waals surface area contributed by atoms with E-state index in [1.165, 1.54) is 0 Å². The van der Waals surface area contributed by atoms with Crippen molar-refractivity contribution in [2.24, 2.45) is 10.8 Å². The highest BCUT2D eigenvalue weighted by Gasteiger charge is 2.37. The van der Waals surface area contributed by atoms with Crippen molar-refractivity contribution in [2.45, 2.75) is 73.4 Å². The number of amides is 2. The largest absolute Gasteiger partial charge is 0.377 e. The number of nitrogens with zero attached hydrogens (tertiary/aromatic N) is 2. The van der Waals surface area contributed by atoms with Crippen molar-refractivity contribution in [3.05, 3.63) is 23.8 Å². The van der Waals surface area contributed by atoms with Gasteiger partial charge in [-0.05, 0) is 42.0 Å². The van der Waals surface area contributed by atoms with Gasteiger partial charge in [0.15, 0.2) is 0 Å². The molecule has 0 unspecified atom stereocenters. The summed E-state index contributed by atoms with van der Waals surface area (Å²) in [6.07, 6.45) is 2.61. The van der Waals surface area contributed by atoms with Gasteiger partial charge in [-0.25, -0.2) is 0 Å². The quantitative estimate of drug-likeness (QED) is 0.772. The van der Waals surface area contributed by atoms with Crippen molar-refractivity contribution < 1.29 is 9.59 Å². The standard InChI is InChI=1S/C23H37N3O2/c1-22(2,3)14-20(27)24-17-9-12-19(25(7)8)16(13-17)15-26(18-10-11-18)21(28)23(4,5)6/h9,12-13,18H,10-11,14-15H2,1-8H3,(H,24,27). The van der Waals surface area contributed by atoms with Gasteiger partial charge in [-0.2, -0.15) is 0 Å². The molecular weight excluding hydrogens is 350 g/mol. The molecule has 5 heteroatoms. The summed E-state index contributed by atoms with van der Waals surface area (Å²) in [5.74, 6) is 0.197. The van der Waals surface area contributed by atoms with Crippen LogP contribution in [0.1, 0.15) is 66.4 Å². The molecule has 1 aromatic rings. The lowest BCUT2D eigenvalue weighted by Crippen LogP contribution is -2.40. The lowest BCUT2D eigenvalue weighted by atomic mass is 9.92. The number of rotatable bonds is 6. The Morgan fingerprint density at radius 1 is 1.07 bits per heavy atom. The molecule has 2 amide bonds. The number of hydrogen-bond donors (Lipinski definition) is 1. The third kappa shape index (κ3) is 6.25. The average molecular weight is 388 g/mol. The Balaban J connectivity index is 2.27. The molecule has 0 aliphatic heterocycles. The van der Waals surface area contributed by atoms with Gasteiger partial charge in [0.2, 0.25) is 11.8 Å². The summed E-state index contributed by atoms with van der Waals surface area (Å²) in [6, 6.07) is 6.31. The number of carbonyl (C=O) groups excluding carboxylic acids is 2. The molecule has 0 aromatic heterocycles. The van der Waals surface area contributed by atoms with Crippen LogP contribution >= 0.6 is 0 Å². The van der Waals surface area contributed by atoms with E-state index in [2.05, 4.69) is 31.0 Å². The number of carbonyl (C=O) groups is 2. The maximum atomic E-state index is 13.0. The van der Waals surface area contributed by atoms with E-state index in [1.807, 2.05) is 58.0 Å². The molecule has 1 aromatic carbocycles. The normalized spacial score (nSPS) is 14.6. The Morgan fingerprint density at radius 3 is 2.14 bits per heavy atom. The predicted octanol–water partition coefficient (Wildman–Crippen LogP) is 4.66. The fourth-order valence-electron chi connectivity index (χ4n) is 3.28. The van der Waals surface area contributed by atoms with Crippen molar-refractivity contribution in [2.75, 3.05) is 24.3 Å². The van der Waals surface area contributed by atoms with E-state index >= 15 is 0 Å². The molecule has 28 heavy (non-hydrogen) atoms. The van der Waals surface area contributed by atoms with Crippen LogP contribution in [0.5, 0.6) is 0 Å². The summed E-state index contributed by atoms with van der Waals surface area (Å²) >= 11 is 0. The van der Waals surface area contributed by atoms with Crippen LogP contribution in [0.25, 0.3) is 0 Å². The van der Waals surface area contributed by atoms with Gasteiger partial charge in [0.25, 0.3) is 0 Å². The first-order valence-corrected chi connectivity index (χ1v) is 10.2. The van der Waals surface area contributed by atoms with E-state index in [1.54, 1.807) is 0 Å². The van der Waals surface area contributed by atoms with Crippen molar-refractivity contribution in [3.8, 4) is 0 Å². The zero-order chi connectivity index (χ0) is 21.3. The van der Waals surface area contributed by atoms with E-state index in [0.717, 1.165) is 29.8 Å². The fourth-order valence-corrected chi connectivity index (χ4v) is 3.28. The van der Waals surface area contributed by atoms with Crippen molar-refractivity contribution in [3.63, 3.8) is 0 Å². The molecule has 0 spiro atoms. The molecule has 1 fully saturated rings. The molecule has 156 valence electrons. The minimum Gasteiger partial charge on any atom is -0.377 e. The summed E-state index contributed by atoms with van der Waals surface area (Å²) in [5, 5.41) is 3.02. The van der Waals surface area contributed by atoms with Crippen LogP contribution in [0, 0.1) is 10.8 Å². The summed E-state index contributed by atoms with van der Waals surface area (Å²) in [5.41, 5.74) is 2.45. The first-order valence-electron chi connectivity index (χ1n) is 10.2. The Labute approximate surface area is 170 Å². The summed E-state index contributed by atoms with van der Waals surface area (Å²) in [7, 11) is 4.01. The highest BCUT2D eigenvalue weighted by Crippen LogP contribution is 2.34. The Morgan fingerprint density at radius 2 is 1.68 bits per heavy atom. The van der Waals surface area contributed by atoms with E-state index in [-0.39, 0.29) is 17.2 Å². The number of benzene rings is 1. The monoisotopic (exact) mass is 387 g/mol. The van der Waals surface area contributed by atoms with Gasteiger partial charge in [0.1, 0.15) is 0 Å². The third-order valence-electron chi connectivity index (χ3n) is 4.77. The SMILES string of the molecule is CN(C)c1ccc(NC(=O)CC(C)(C)C)cc1CN(C(=O)C(C)(C)C)C1CC1. The highest BCUT2D eigenvalue weighted by atomic mass is 16.2. The molecule has 2 rings (SSSR count). The molecule has 0 radical (unpaired) electrons. The molecule has 0 bridgehead atoms. The highest BCUT2D eigenvalue weighted by molar-refractivity contribution is 5.91. The second-order valence-electron chi connectivity index (χ2n) is 10.4. The van der Waals surface area contributed by atoms with Crippen molar-refractivity contribution in [1.29, 1.82) is 0 Å². The van der Waals surface area contributed by atoms with Gasteiger partial charge in [-0.1, -0.05) is 41.5 Å². The van der Waals surface area contributed by atoms with Gasteiger partial charge >= 0.3 is 0 Å². The summed E-state index contributed by atoms with van der Waals surface area (Å²) in [6.45, 7) is 12.6. The van der Waals surface area contributed by atoms with Gasteiger partial charge < -0.3 is 15.1 Å².